The first-order valence-electron chi connectivity index (χ1n) is 13.5. The molecule has 0 fully saturated rings. The van der Waals surface area contributed by atoms with Gasteiger partial charge in [0.1, 0.15) is 0 Å². The number of aliphatic hydroxyl groups excluding tert-OH is 2. The number of thiazole rings is 1. The van der Waals surface area contributed by atoms with E-state index in [2.05, 4.69) is 46.4 Å². The van der Waals surface area contributed by atoms with Crippen LogP contribution in [0.5, 0.6) is 0 Å². The van der Waals surface area contributed by atoms with Crippen LogP contribution in [-0.2, 0) is 49.8 Å². The Kier molecular flexibility index (Phi) is 18.6. The molecule has 242 valence electrons. The molecule has 0 amide bonds. The summed E-state index contributed by atoms with van der Waals surface area (Å²) in [5.74, 6) is -0.125. The van der Waals surface area contributed by atoms with E-state index < -0.39 is 0 Å². The third kappa shape index (κ3) is 14.2. The van der Waals surface area contributed by atoms with Gasteiger partial charge in [-0.3, -0.25) is 14.6 Å². The van der Waals surface area contributed by atoms with E-state index >= 15 is 0 Å². The minimum Gasteiger partial charge on any atom is -0.512 e. The topological polar surface area (TPSA) is 100 Å². The van der Waals surface area contributed by atoms with E-state index in [4.69, 9.17) is 10.2 Å². The molecule has 6 nitrogen and oxygen atoms in total. The molecule has 6 rings (SSSR count). The number of allylic oxidation sites excluding steroid dienone is 4. The molecule has 0 saturated heterocycles. The Labute approximate surface area is 304 Å². The van der Waals surface area contributed by atoms with Crippen LogP contribution in [0.3, 0.4) is 0 Å². The number of hydrogen-bond donors (Lipinski definition) is 2. The van der Waals surface area contributed by atoms with Crippen molar-refractivity contribution in [3.63, 3.8) is 0 Å². The number of para-hydroxylation sites is 1. The maximum atomic E-state index is 10.0. The van der Waals surface area contributed by atoms with E-state index in [9.17, 15) is 9.59 Å². The summed E-state index contributed by atoms with van der Waals surface area (Å²) >= 11 is 3.44. The minimum absolute atomic E-state index is 0. The molecule has 3 aromatic carbocycles. The normalized spacial score (nSPS) is 10.4. The molecule has 0 saturated carbocycles. The molecule has 6 aromatic rings. The predicted molar refractivity (Wildman–Crippen MR) is 182 cm³/mol. The summed E-state index contributed by atoms with van der Waals surface area (Å²) in [6, 6.07) is 36.9. The number of ketones is 2. The Balaban J connectivity index is 0.000000323. The average Bonchev–Trinajstić information content (AvgIpc) is 3.63. The molecule has 2 radical (unpaired) electrons. The van der Waals surface area contributed by atoms with Crippen LogP contribution in [0.4, 0.5) is 0 Å². The molecule has 0 spiro atoms. The maximum Gasteiger partial charge on any atom is 0.155 e. The van der Waals surface area contributed by atoms with Crippen LogP contribution >= 0.6 is 22.7 Å². The molecular weight excluding hydrogens is 973 g/mol. The van der Waals surface area contributed by atoms with Gasteiger partial charge in [0.2, 0.25) is 0 Å². The Morgan fingerprint density at radius 3 is 1.80 bits per heavy atom. The number of nitrogens with zero attached hydrogens (tertiary/aromatic N) is 2. The van der Waals surface area contributed by atoms with Crippen molar-refractivity contribution in [1.29, 1.82) is 0 Å². The number of carbonyl (C=O) groups excluding carboxylic acids is 2. The fraction of sp³-hybridized carbons (Fsp3) is 0.111. The van der Waals surface area contributed by atoms with Crippen LogP contribution in [0.1, 0.15) is 27.7 Å². The van der Waals surface area contributed by atoms with Crippen LogP contribution in [0, 0.1) is 12.1 Å². The fourth-order valence-corrected chi connectivity index (χ4v) is 5.57. The van der Waals surface area contributed by atoms with E-state index in [1.54, 1.807) is 22.7 Å². The quantitative estimate of drug-likeness (QED) is 0.104. The fourth-order valence-electron chi connectivity index (χ4n) is 3.63. The zero-order valence-electron chi connectivity index (χ0n) is 25.5. The van der Waals surface area contributed by atoms with Gasteiger partial charge in [0.25, 0.3) is 0 Å². The van der Waals surface area contributed by atoms with Crippen molar-refractivity contribution < 1.29 is 60.0 Å². The number of rotatable bonds is 4. The van der Waals surface area contributed by atoms with Crippen LogP contribution in [-0.4, -0.2) is 31.7 Å². The molecule has 3 aromatic heterocycles. The van der Waals surface area contributed by atoms with Gasteiger partial charge < -0.3 is 15.2 Å². The van der Waals surface area contributed by atoms with E-state index in [0.717, 1.165) is 26.7 Å². The van der Waals surface area contributed by atoms with Gasteiger partial charge in [0, 0.05) is 74.0 Å². The number of thiophene rings is 1. The maximum absolute atomic E-state index is 10.0. The summed E-state index contributed by atoms with van der Waals surface area (Å²) in [5.41, 5.74) is 3.13. The summed E-state index contributed by atoms with van der Waals surface area (Å²) in [7, 11) is 0. The summed E-state index contributed by atoms with van der Waals surface area (Å²) < 4.78 is 2.49. The molecule has 46 heavy (non-hydrogen) atoms. The third-order valence-electron chi connectivity index (χ3n) is 5.30. The van der Waals surface area contributed by atoms with Crippen LogP contribution in [0.25, 0.3) is 41.4 Å². The summed E-state index contributed by atoms with van der Waals surface area (Å²) in [5, 5.41) is 18.9. The zero-order chi connectivity index (χ0) is 31.9. The van der Waals surface area contributed by atoms with E-state index in [-0.39, 0.29) is 63.3 Å². The second-order valence-electron chi connectivity index (χ2n) is 9.32. The molecule has 10 heteroatoms. The van der Waals surface area contributed by atoms with Gasteiger partial charge in [0.05, 0.1) is 17.0 Å². The minimum atomic E-state index is -0.125. The number of carbonyl (C=O) groups is 2. The van der Waals surface area contributed by atoms with Crippen molar-refractivity contribution in [1.82, 2.24) is 9.97 Å². The molecular formula is C36H32Ir2N2O4S2-2. The number of benzene rings is 3. The third-order valence-corrected chi connectivity index (χ3v) is 7.46. The number of pyridine rings is 1. The Morgan fingerprint density at radius 1 is 0.717 bits per heavy atom. The van der Waals surface area contributed by atoms with Crippen LogP contribution < -0.4 is 0 Å². The van der Waals surface area contributed by atoms with Crippen molar-refractivity contribution in [3.05, 3.63) is 133 Å². The molecule has 3 heterocycles. The molecule has 2 N–H and O–H groups in total. The van der Waals surface area contributed by atoms with Gasteiger partial charge in [-0.15, -0.1) is 59.5 Å². The number of aliphatic hydroxyl groups is 2. The molecule has 0 unspecified atom stereocenters. The molecule has 0 bridgehead atoms. The summed E-state index contributed by atoms with van der Waals surface area (Å²) in [4.78, 5) is 30.0. The van der Waals surface area contributed by atoms with Crippen LogP contribution in [0.15, 0.2) is 121 Å². The smallest absolute Gasteiger partial charge is 0.155 e. The van der Waals surface area contributed by atoms with Gasteiger partial charge in [0.15, 0.2) is 11.6 Å². The second kappa shape index (κ2) is 21.2. The second-order valence-corrected chi connectivity index (χ2v) is 11.4. The van der Waals surface area contributed by atoms with Gasteiger partial charge >= 0.3 is 0 Å². The number of fused-ring (bicyclic) bond motifs is 2. The first-order valence-corrected chi connectivity index (χ1v) is 15.2. The van der Waals surface area contributed by atoms with Crippen LogP contribution in [0.2, 0.25) is 0 Å². The van der Waals surface area contributed by atoms with Gasteiger partial charge in [-0.25, -0.2) is 11.3 Å². The average molecular weight is 1010 g/mol. The monoisotopic (exact) mass is 1010 g/mol. The Morgan fingerprint density at radius 2 is 1.30 bits per heavy atom. The largest absolute Gasteiger partial charge is 0.512 e. The van der Waals surface area contributed by atoms with Crippen molar-refractivity contribution in [2.24, 2.45) is 0 Å². The van der Waals surface area contributed by atoms with Crippen molar-refractivity contribution in [3.8, 4) is 21.1 Å². The van der Waals surface area contributed by atoms with Gasteiger partial charge in [-0.1, -0.05) is 36.4 Å². The first kappa shape index (κ1) is 40.4. The number of aromatic nitrogens is 2. The summed E-state index contributed by atoms with van der Waals surface area (Å²) in [6.45, 7) is 5.70. The molecule has 0 aliphatic rings. The molecule has 0 aliphatic heterocycles. The molecule has 0 aliphatic carbocycles. The summed E-state index contributed by atoms with van der Waals surface area (Å²) in [6.07, 6.45) is 4.15. The SMILES string of the molecule is CC(=O)C=C(C)O.CC(=O)C=C(C)O.[Ir].[Ir].[c-]1c(-c2ccccn2)sc2ccccc12.[c-]1ccccc1-c1nc2ccccc2s1. The molecule has 0 atom stereocenters. The van der Waals surface area contributed by atoms with Gasteiger partial charge in [-0.2, -0.15) is 11.3 Å². The standard InChI is InChI=1S/2C13H8NS.2C5H8O2.2Ir/c1-2-7-12-10(5-1)9-13(15-12)11-6-3-4-8-14-11;1-2-6-10(7-3-1)13-14-11-8-4-5-9-12(11)15-13;2*1-4(6)3-5(2)7;;/h1-8H;1-6,8-9H;2*3,6H,1-2H3;;/q2*-1;;;;. The van der Waals surface area contributed by atoms with Crippen molar-refractivity contribution in [2.75, 3.05) is 0 Å². The first-order chi connectivity index (χ1) is 21.1. The van der Waals surface area contributed by atoms with Gasteiger partial charge in [-0.05, 0) is 55.5 Å². The Hall–Kier alpha value is -3.62. The Bertz CT molecular complexity index is 1660. The zero-order valence-corrected chi connectivity index (χ0v) is 31.9. The van der Waals surface area contributed by atoms with E-state index in [1.165, 1.54) is 54.6 Å². The van der Waals surface area contributed by atoms with E-state index in [0.29, 0.717) is 0 Å². The van der Waals surface area contributed by atoms with E-state index in [1.807, 2.05) is 72.9 Å². The van der Waals surface area contributed by atoms with Crippen molar-refractivity contribution >= 4 is 54.5 Å². The number of hydrogen-bond acceptors (Lipinski definition) is 8. The predicted octanol–water partition coefficient (Wildman–Crippen LogP) is 9.60. The van der Waals surface area contributed by atoms with Crippen molar-refractivity contribution in [2.45, 2.75) is 27.7 Å².